The number of aryl methyl sites for hydroxylation is 1. The smallest absolute Gasteiger partial charge is 0.171 e. The van der Waals surface area contributed by atoms with Gasteiger partial charge in [-0.3, -0.25) is 0 Å². The van der Waals surface area contributed by atoms with Gasteiger partial charge in [0, 0.05) is 6.54 Å². The lowest BCUT2D eigenvalue weighted by molar-refractivity contribution is 0.867. The number of hydrogen-bond donors (Lipinski definition) is 1. The molecule has 0 atom stereocenters. The van der Waals surface area contributed by atoms with Gasteiger partial charge in [0.1, 0.15) is 5.82 Å². The van der Waals surface area contributed by atoms with Crippen LogP contribution in [0.2, 0.25) is 0 Å². The maximum Gasteiger partial charge on any atom is 0.171 e. The minimum Gasteiger partial charge on any atom is -0.369 e. The van der Waals surface area contributed by atoms with E-state index in [1.54, 1.807) is 11.3 Å². The topological polar surface area (TPSA) is 37.8 Å². The molecular formula is C13H15BrIN3S. The number of nitrogens with zero attached hydrogens (tertiary/aromatic N) is 2. The standard InChI is InChI=1S/C13H15BrIN3S/c1-3-5-8-11(15)13(16-4-2)18-12(17-8)9-6-7-10(14)19-9/h6-7H,3-5H2,1-2H3,(H,16,17,18). The summed E-state index contributed by atoms with van der Waals surface area (Å²) in [6, 6.07) is 4.09. The van der Waals surface area contributed by atoms with E-state index in [1.807, 2.05) is 6.07 Å². The van der Waals surface area contributed by atoms with Gasteiger partial charge in [-0.25, -0.2) is 9.97 Å². The van der Waals surface area contributed by atoms with Gasteiger partial charge in [-0.15, -0.1) is 11.3 Å². The first-order valence-corrected chi connectivity index (χ1v) is 8.90. The van der Waals surface area contributed by atoms with E-state index < -0.39 is 0 Å². The average molecular weight is 452 g/mol. The number of rotatable bonds is 5. The molecule has 0 radical (unpaired) electrons. The maximum atomic E-state index is 4.72. The Bertz CT molecular complexity index is 544. The number of halogens is 2. The molecule has 0 fully saturated rings. The normalized spacial score (nSPS) is 10.7. The Hall–Kier alpha value is -0.210. The molecule has 0 aliphatic carbocycles. The lowest BCUT2D eigenvalue weighted by Gasteiger charge is -2.11. The van der Waals surface area contributed by atoms with Gasteiger partial charge in [0.25, 0.3) is 0 Å². The average Bonchev–Trinajstić information content (AvgIpc) is 2.81. The third-order valence-corrected chi connectivity index (χ3v) is 5.30. The fourth-order valence-corrected chi connectivity index (χ4v) is 3.75. The lowest BCUT2D eigenvalue weighted by atomic mass is 10.2. The summed E-state index contributed by atoms with van der Waals surface area (Å²) >= 11 is 7.49. The third-order valence-electron chi connectivity index (χ3n) is 2.54. The highest BCUT2D eigenvalue weighted by molar-refractivity contribution is 14.1. The number of thiophene rings is 1. The molecule has 102 valence electrons. The van der Waals surface area contributed by atoms with Crippen LogP contribution in [0.5, 0.6) is 0 Å². The monoisotopic (exact) mass is 451 g/mol. The van der Waals surface area contributed by atoms with Crippen molar-refractivity contribution in [3.05, 3.63) is 25.2 Å². The van der Waals surface area contributed by atoms with E-state index in [9.17, 15) is 0 Å². The molecule has 0 spiro atoms. The molecule has 0 unspecified atom stereocenters. The minimum absolute atomic E-state index is 0.815. The fourth-order valence-electron chi connectivity index (χ4n) is 1.73. The third kappa shape index (κ3) is 3.66. The first kappa shape index (κ1) is 15.2. The van der Waals surface area contributed by atoms with E-state index in [-0.39, 0.29) is 0 Å². The highest BCUT2D eigenvalue weighted by Gasteiger charge is 2.13. The predicted molar refractivity (Wildman–Crippen MR) is 93.9 cm³/mol. The van der Waals surface area contributed by atoms with Crippen molar-refractivity contribution in [2.24, 2.45) is 0 Å². The predicted octanol–water partition coefficient (Wildman–Crippen LogP) is 4.96. The van der Waals surface area contributed by atoms with Crippen molar-refractivity contribution in [1.29, 1.82) is 0 Å². The Balaban J connectivity index is 2.48. The second-order valence-electron chi connectivity index (χ2n) is 4.04. The van der Waals surface area contributed by atoms with Gasteiger partial charge >= 0.3 is 0 Å². The van der Waals surface area contributed by atoms with Crippen LogP contribution in [0.15, 0.2) is 15.9 Å². The summed E-state index contributed by atoms with van der Waals surface area (Å²) in [6.07, 6.45) is 2.07. The second-order valence-corrected chi connectivity index (χ2v) is 7.58. The molecule has 2 rings (SSSR count). The molecule has 19 heavy (non-hydrogen) atoms. The van der Waals surface area contributed by atoms with Crippen molar-refractivity contribution in [2.75, 3.05) is 11.9 Å². The molecule has 2 aromatic rings. The zero-order valence-electron chi connectivity index (χ0n) is 10.8. The van der Waals surface area contributed by atoms with Crippen molar-refractivity contribution in [3.8, 4) is 10.7 Å². The van der Waals surface area contributed by atoms with E-state index >= 15 is 0 Å². The van der Waals surface area contributed by atoms with Gasteiger partial charge in [-0.2, -0.15) is 0 Å². The molecule has 0 aromatic carbocycles. The van der Waals surface area contributed by atoms with Crippen molar-refractivity contribution in [2.45, 2.75) is 26.7 Å². The van der Waals surface area contributed by atoms with Crippen LogP contribution in [-0.2, 0) is 6.42 Å². The van der Waals surface area contributed by atoms with Gasteiger partial charge in [-0.1, -0.05) is 13.3 Å². The van der Waals surface area contributed by atoms with E-state index in [0.29, 0.717) is 0 Å². The van der Waals surface area contributed by atoms with Crippen molar-refractivity contribution < 1.29 is 0 Å². The zero-order chi connectivity index (χ0) is 13.8. The lowest BCUT2D eigenvalue weighted by Crippen LogP contribution is -2.07. The van der Waals surface area contributed by atoms with Crippen LogP contribution in [0.3, 0.4) is 0 Å². The van der Waals surface area contributed by atoms with Gasteiger partial charge in [-0.05, 0) is 64.0 Å². The number of nitrogens with one attached hydrogen (secondary N) is 1. The van der Waals surface area contributed by atoms with Crippen molar-refractivity contribution in [3.63, 3.8) is 0 Å². The summed E-state index contributed by atoms with van der Waals surface area (Å²) in [5, 5.41) is 3.33. The Morgan fingerprint density at radius 2 is 2.11 bits per heavy atom. The van der Waals surface area contributed by atoms with E-state index in [0.717, 1.165) is 49.0 Å². The molecule has 1 N–H and O–H groups in total. The summed E-state index contributed by atoms with van der Waals surface area (Å²) in [4.78, 5) is 10.5. The van der Waals surface area contributed by atoms with E-state index in [4.69, 9.17) is 4.98 Å². The molecule has 3 nitrogen and oxygen atoms in total. The Kier molecular flexibility index (Phi) is 5.58. The van der Waals surface area contributed by atoms with Crippen molar-refractivity contribution >= 4 is 55.7 Å². The molecule has 2 aromatic heterocycles. The summed E-state index contributed by atoms with van der Waals surface area (Å²) in [5.74, 6) is 1.76. The van der Waals surface area contributed by atoms with Gasteiger partial charge < -0.3 is 5.32 Å². The van der Waals surface area contributed by atoms with Crippen LogP contribution in [0, 0.1) is 3.57 Å². The summed E-state index contributed by atoms with van der Waals surface area (Å²) in [7, 11) is 0. The Morgan fingerprint density at radius 1 is 1.32 bits per heavy atom. The second kappa shape index (κ2) is 6.99. The van der Waals surface area contributed by atoms with Crippen LogP contribution in [0.25, 0.3) is 10.7 Å². The summed E-state index contributed by atoms with van der Waals surface area (Å²) in [5.41, 5.74) is 1.13. The van der Waals surface area contributed by atoms with Crippen LogP contribution >= 0.6 is 49.9 Å². The molecule has 0 saturated heterocycles. The quantitative estimate of drug-likeness (QED) is 0.653. The largest absolute Gasteiger partial charge is 0.369 e. The highest BCUT2D eigenvalue weighted by Crippen LogP contribution is 2.31. The first-order chi connectivity index (χ1) is 9.15. The first-order valence-electron chi connectivity index (χ1n) is 6.21. The number of hydrogen-bond acceptors (Lipinski definition) is 4. The van der Waals surface area contributed by atoms with Gasteiger partial charge in [0.2, 0.25) is 0 Å². The van der Waals surface area contributed by atoms with Gasteiger partial charge in [0.05, 0.1) is 17.9 Å². The SMILES string of the molecule is CCCc1nc(-c2ccc(Br)s2)nc(NCC)c1I. The van der Waals surface area contributed by atoms with E-state index in [1.165, 1.54) is 0 Å². The molecule has 2 heterocycles. The van der Waals surface area contributed by atoms with Gasteiger partial charge in [0.15, 0.2) is 5.82 Å². The Labute approximate surface area is 139 Å². The molecular weight excluding hydrogens is 437 g/mol. The molecule has 0 aliphatic rings. The number of anilines is 1. The summed E-state index contributed by atoms with van der Waals surface area (Å²) in [6.45, 7) is 5.12. The van der Waals surface area contributed by atoms with Crippen LogP contribution in [0.4, 0.5) is 5.82 Å². The minimum atomic E-state index is 0.815. The zero-order valence-corrected chi connectivity index (χ0v) is 15.4. The number of aromatic nitrogens is 2. The molecule has 6 heteroatoms. The highest BCUT2D eigenvalue weighted by atomic mass is 127. The molecule has 0 amide bonds. The Morgan fingerprint density at radius 3 is 2.68 bits per heavy atom. The van der Waals surface area contributed by atoms with Crippen LogP contribution < -0.4 is 5.32 Å². The van der Waals surface area contributed by atoms with Crippen LogP contribution in [-0.4, -0.2) is 16.5 Å². The molecule has 0 saturated carbocycles. The fraction of sp³-hybridized carbons (Fsp3) is 0.385. The summed E-state index contributed by atoms with van der Waals surface area (Å²) < 4.78 is 2.24. The maximum absolute atomic E-state index is 4.72. The van der Waals surface area contributed by atoms with Crippen molar-refractivity contribution in [1.82, 2.24) is 9.97 Å². The molecule has 0 bridgehead atoms. The van der Waals surface area contributed by atoms with Crippen LogP contribution in [0.1, 0.15) is 26.0 Å². The molecule has 0 aliphatic heterocycles. The van der Waals surface area contributed by atoms with E-state index in [2.05, 4.69) is 68.7 Å².